The summed E-state index contributed by atoms with van der Waals surface area (Å²) < 4.78 is 13.4. The van der Waals surface area contributed by atoms with Crippen molar-refractivity contribution in [3.63, 3.8) is 0 Å². The number of aliphatic hydroxyl groups is 1. The van der Waals surface area contributed by atoms with Gasteiger partial charge >= 0.3 is 0 Å². The fraction of sp³-hybridized carbons (Fsp3) is 0.364. The van der Waals surface area contributed by atoms with E-state index in [0.717, 1.165) is 0 Å². The molecule has 1 aromatic rings. The molecule has 16 heavy (non-hydrogen) atoms. The number of anilines is 1. The van der Waals surface area contributed by atoms with Crippen LogP contribution >= 0.6 is 11.6 Å². The van der Waals surface area contributed by atoms with Crippen molar-refractivity contribution in [2.75, 3.05) is 17.7 Å². The highest BCUT2D eigenvalue weighted by Crippen LogP contribution is 2.20. The number of hydrogen-bond donors (Lipinski definition) is 2. The van der Waals surface area contributed by atoms with Gasteiger partial charge in [-0.05, 0) is 19.1 Å². The first kappa shape index (κ1) is 12.9. The molecule has 1 rings (SSSR count). The Morgan fingerprint density at radius 2 is 2.31 bits per heavy atom. The molecule has 0 amide bonds. The Balaban J connectivity index is 2.88. The van der Waals surface area contributed by atoms with Crippen LogP contribution in [0.15, 0.2) is 18.2 Å². The Labute approximate surface area is 98.2 Å². The number of halogens is 2. The van der Waals surface area contributed by atoms with Gasteiger partial charge in [0.2, 0.25) is 0 Å². The van der Waals surface area contributed by atoms with Crippen LogP contribution in [0.2, 0.25) is 0 Å². The number of Topliss-reactive ketones (excluding diaryl/α,β-unsaturated/α-hetero) is 1. The summed E-state index contributed by atoms with van der Waals surface area (Å²) in [6.07, 6.45) is -0.777. The Bertz CT molecular complexity index is 384. The van der Waals surface area contributed by atoms with Gasteiger partial charge in [-0.2, -0.15) is 0 Å². The first-order chi connectivity index (χ1) is 7.56. The first-order valence-electron chi connectivity index (χ1n) is 4.83. The maximum atomic E-state index is 13.4. The van der Waals surface area contributed by atoms with Crippen molar-refractivity contribution in [3.8, 4) is 0 Å². The van der Waals surface area contributed by atoms with Gasteiger partial charge in [-0.1, -0.05) is 6.07 Å². The molecular formula is C11H13ClFNO2. The molecule has 0 spiro atoms. The van der Waals surface area contributed by atoms with Gasteiger partial charge in [-0.3, -0.25) is 4.79 Å². The minimum atomic E-state index is -0.777. The summed E-state index contributed by atoms with van der Waals surface area (Å²) in [6, 6.07) is 4.25. The number of rotatable bonds is 5. The number of ketones is 1. The number of carbonyl (C=O) groups excluding carboxylic acids is 1. The maximum Gasteiger partial charge on any atom is 0.161 e. The van der Waals surface area contributed by atoms with E-state index in [2.05, 4.69) is 5.32 Å². The average molecular weight is 246 g/mol. The molecule has 1 aromatic carbocycles. The molecule has 0 aliphatic heterocycles. The number of carbonyl (C=O) groups is 1. The van der Waals surface area contributed by atoms with E-state index in [4.69, 9.17) is 11.6 Å². The van der Waals surface area contributed by atoms with E-state index in [9.17, 15) is 14.3 Å². The molecular weight excluding hydrogens is 233 g/mol. The van der Waals surface area contributed by atoms with Crippen LogP contribution in [-0.2, 0) is 0 Å². The minimum Gasteiger partial charge on any atom is -0.390 e. The minimum absolute atomic E-state index is 0.0524. The Kier molecular flexibility index (Phi) is 4.71. The topological polar surface area (TPSA) is 49.3 Å². The second kappa shape index (κ2) is 5.82. The van der Waals surface area contributed by atoms with E-state index in [0.29, 0.717) is 0 Å². The summed E-state index contributed by atoms with van der Waals surface area (Å²) in [7, 11) is 0. The van der Waals surface area contributed by atoms with Gasteiger partial charge in [0.1, 0.15) is 5.82 Å². The van der Waals surface area contributed by atoms with Crippen LogP contribution in [0.25, 0.3) is 0 Å². The van der Waals surface area contributed by atoms with Crippen molar-refractivity contribution in [3.05, 3.63) is 29.6 Å². The van der Waals surface area contributed by atoms with Crippen LogP contribution < -0.4 is 5.32 Å². The monoisotopic (exact) mass is 245 g/mol. The zero-order chi connectivity index (χ0) is 12.1. The quantitative estimate of drug-likeness (QED) is 0.617. The Morgan fingerprint density at radius 1 is 1.62 bits per heavy atom. The Hall–Kier alpha value is -1.13. The van der Waals surface area contributed by atoms with Gasteiger partial charge in [0, 0.05) is 12.1 Å². The molecule has 0 aliphatic rings. The molecule has 2 N–H and O–H groups in total. The third-order valence-corrected chi connectivity index (χ3v) is 2.44. The fourth-order valence-corrected chi connectivity index (χ4v) is 1.38. The molecule has 0 aromatic heterocycles. The molecule has 88 valence electrons. The van der Waals surface area contributed by atoms with Crippen LogP contribution in [0.3, 0.4) is 0 Å². The third-order valence-electron chi connectivity index (χ3n) is 2.09. The maximum absolute atomic E-state index is 13.4. The molecule has 0 aliphatic carbocycles. The lowest BCUT2D eigenvalue weighted by Crippen LogP contribution is -2.22. The highest BCUT2D eigenvalue weighted by molar-refractivity contribution is 6.18. The largest absolute Gasteiger partial charge is 0.390 e. The summed E-state index contributed by atoms with van der Waals surface area (Å²) in [4.78, 5) is 11.2. The molecule has 3 nitrogen and oxygen atoms in total. The van der Waals surface area contributed by atoms with Gasteiger partial charge in [0.25, 0.3) is 0 Å². The van der Waals surface area contributed by atoms with Crippen molar-refractivity contribution in [1.29, 1.82) is 0 Å². The van der Waals surface area contributed by atoms with Crippen LogP contribution in [0.1, 0.15) is 17.3 Å². The highest BCUT2D eigenvalue weighted by Gasteiger charge is 2.12. The lowest BCUT2D eigenvalue weighted by Gasteiger charge is -2.13. The van der Waals surface area contributed by atoms with Crippen molar-refractivity contribution >= 4 is 23.1 Å². The Morgan fingerprint density at radius 3 is 2.88 bits per heavy atom. The number of benzene rings is 1. The predicted octanol–water partition coefficient (Wildman–Crippen LogP) is 2.04. The lowest BCUT2D eigenvalue weighted by atomic mass is 10.1. The molecule has 0 bridgehead atoms. The zero-order valence-corrected chi connectivity index (χ0v) is 9.59. The van der Waals surface area contributed by atoms with Gasteiger partial charge in [-0.15, -0.1) is 11.6 Å². The van der Waals surface area contributed by atoms with Gasteiger partial charge in [0.15, 0.2) is 5.78 Å². The third kappa shape index (κ3) is 3.18. The van der Waals surface area contributed by atoms with Gasteiger partial charge in [0.05, 0.1) is 17.7 Å². The van der Waals surface area contributed by atoms with E-state index < -0.39 is 11.9 Å². The zero-order valence-electron chi connectivity index (χ0n) is 8.84. The van der Waals surface area contributed by atoms with E-state index in [-0.39, 0.29) is 29.5 Å². The molecule has 5 heteroatoms. The number of aliphatic hydroxyl groups excluding tert-OH is 1. The molecule has 0 saturated heterocycles. The molecule has 0 heterocycles. The standard InChI is InChI=1S/C11H13ClFNO2/c1-7(15)9-3-2-4-10(13)11(9)14-6-8(16)5-12/h2-4,8,14,16H,5-6H2,1H3. The molecule has 0 radical (unpaired) electrons. The summed E-state index contributed by atoms with van der Waals surface area (Å²) in [5.74, 6) is -0.700. The van der Waals surface area contributed by atoms with Crippen molar-refractivity contribution in [1.82, 2.24) is 0 Å². The van der Waals surface area contributed by atoms with Crippen LogP contribution in [0.4, 0.5) is 10.1 Å². The number of hydrogen-bond acceptors (Lipinski definition) is 3. The van der Waals surface area contributed by atoms with Gasteiger partial charge < -0.3 is 10.4 Å². The fourth-order valence-electron chi connectivity index (χ4n) is 1.27. The van der Waals surface area contributed by atoms with Crippen molar-refractivity contribution < 1.29 is 14.3 Å². The van der Waals surface area contributed by atoms with Crippen LogP contribution in [-0.4, -0.2) is 29.4 Å². The number of nitrogens with one attached hydrogen (secondary N) is 1. The van der Waals surface area contributed by atoms with Gasteiger partial charge in [-0.25, -0.2) is 4.39 Å². The summed E-state index contributed by atoms with van der Waals surface area (Å²) >= 11 is 5.41. The molecule has 1 unspecified atom stereocenters. The highest BCUT2D eigenvalue weighted by atomic mass is 35.5. The van der Waals surface area contributed by atoms with Crippen LogP contribution in [0, 0.1) is 5.82 Å². The predicted molar refractivity (Wildman–Crippen MR) is 61.6 cm³/mol. The normalized spacial score (nSPS) is 12.2. The second-order valence-electron chi connectivity index (χ2n) is 3.41. The van der Waals surface area contributed by atoms with E-state index in [1.54, 1.807) is 0 Å². The molecule has 1 atom stereocenters. The van der Waals surface area contributed by atoms with E-state index in [1.807, 2.05) is 0 Å². The van der Waals surface area contributed by atoms with Crippen LogP contribution in [0.5, 0.6) is 0 Å². The summed E-state index contributed by atoms with van der Waals surface area (Å²) in [6.45, 7) is 1.46. The van der Waals surface area contributed by atoms with E-state index >= 15 is 0 Å². The SMILES string of the molecule is CC(=O)c1cccc(F)c1NCC(O)CCl. The second-order valence-corrected chi connectivity index (χ2v) is 3.72. The summed E-state index contributed by atoms with van der Waals surface area (Å²) in [5.41, 5.74) is 0.376. The van der Waals surface area contributed by atoms with Crippen molar-refractivity contribution in [2.45, 2.75) is 13.0 Å². The average Bonchev–Trinajstić information content (AvgIpc) is 2.26. The number of alkyl halides is 1. The molecule has 0 fully saturated rings. The smallest absolute Gasteiger partial charge is 0.161 e. The van der Waals surface area contributed by atoms with E-state index in [1.165, 1.54) is 25.1 Å². The molecule has 0 saturated carbocycles. The van der Waals surface area contributed by atoms with Crippen molar-refractivity contribution in [2.24, 2.45) is 0 Å². The first-order valence-corrected chi connectivity index (χ1v) is 5.37. The lowest BCUT2D eigenvalue weighted by molar-refractivity contribution is 0.101. The number of para-hydroxylation sites is 1. The summed E-state index contributed by atoms with van der Waals surface area (Å²) in [5, 5.41) is 11.9.